The lowest BCUT2D eigenvalue weighted by Gasteiger charge is -2.18. The van der Waals surface area contributed by atoms with Gasteiger partial charge in [-0.3, -0.25) is 9.59 Å². The maximum Gasteiger partial charge on any atom is 0.242 e. The highest BCUT2D eigenvalue weighted by Crippen LogP contribution is 2.40. The highest BCUT2D eigenvalue weighted by molar-refractivity contribution is 6.23. The molecule has 8 heteroatoms. The predicted molar refractivity (Wildman–Crippen MR) is 103 cm³/mol. The van der Waals surface area contributed by atoms with E-state index in [2.05, 4.69) is 10.1 Å². The van der Waals surface area contributed by atoms with E-state index >= 15 is 0 Å². The van der Waals surface area contributed by atoms with Crippen molar-refractivity contribution in [2.24, 2.45) is 0 Å². The molecule has 0 aliphatic carbocycles. The van der Waals surface area contributed by atoms with Crippen molar-refractivity contribution in [3.05, 3.63) is 59.9 Å². The number of nitrogens with zero attached hydrogens (tertiary/aromatic N) is 4. The van der Waals surface area contributed by atoms with Crippen LogP contribution in [0.2, 0.25) is 0 Å². The lowest BCUT2D eigenvalue weighted by Crippen LogP contribution is -2.30. The third-order valence-corrected chi connectivity index (χ3v) is 4.83. The van der Waals surface area contributed by atoms with Crippen molar-refractivity contribution in [1.82, 2.24) is 14.8 Å². The summed E-state index contributed by atoms with van der Waals surface area (Å²) in [5, 5.41) is 4.44. The van der Waals surface area contributed by atoms with Crippen molar-refractivity contribution >= 4 is 23.3 Å². The molecule has 1 aliphatic heterocycles. The molecule has 2 amide bonds. The highest BCUT2D eigenvalue weighted by Gasteiger charge is 2.44. The molecule has 28 heavy (non-hydrogen) atoms. The van der Waals surface area contributed by atoms with Crippen LogP contribution in [-0.4, -0.2) is 33.7 Å². The van der Waals surface area contributed by atoms with Crippen LogP contribution >= 0.6 is 0 Å². The number of aromatic nitrogens is 3. The van der Waals surface area contributed by atoms with Gasteiger partial charge in [-0.15, -0.1) is 0 Å². The van der Waals surface area contributed by atoms with Crippen molar-refractivity contribution in [3.63, 3.8) is 0 Å². The fraction of sp³-hybridized carbons (Fsp3) is 0.200. The molecule has 0 spiro atoms. The minimum absolute atomic E-state index is 0.0236. The second-order valence-corrected chi connectivity index (χ2v) is 6.48. The maximum absolute atomic E-state index is 13.2. The van der Waals surface area contributed by atoms with Gasteiger partial charge in [-0.2, -0.15) is 9.78 Å². The van der Waals surface area contributed by atoms with Gasteiger partial charge in [-0.1, -0.05) is 18.2 Å². The number of nitrogen functional groups attached to an aromatic ring is 1. The molecular formula is C20H19N5O3. The van der Waals surface area contributed by atoms with Crippen molar-refractivity contribution in [1.29, 1.82) is 0 Å². The van der Waals surface area contributed by atoms with Gasteiger partial charge in [-0.25, -0.2) is 9.88 Å². The monoisotopic (exact) mass is 377 g/mol. The summed E-state index contributed by atoms with van der Waals surface area (Å²) in [6.45, 7) is 1.77. The molecule has 1 aliphatic rings. The molecule has 1 fully saturated rings. The van der Waals surface area contributed by atoms with E-state index in [1.807, 2.05) is 6.07 Å². The van der Waals surface area contributed by atoms with E-state index < -0.39 is 5.92 Å². The first-order chi connectivity index (χ1) is 13.5. The Kier molecular flexibility index (Phi) is 4.31. The smallest absolute Gasteiger partial charge is 0.242 e. The zero-order valence-electron chi connectivity index (χ0n) is 15.5. The molecule has 0 bridgehead atoms. The number of rotatable bonds is 4. The van der Waals surface area contributed by atoms with Gasteiger partial charge in [0.05, 0.1) is 24.4 Å². The van der Waals surface area contributed by atoms with E-state index in [1.165, 1.54) is 16.7 Å². The zero-order valence-corrected chi connectivity index (χ0v) is 15.5. The molecule has 0 radical (unpaired) electrons. The number of benzene rings is 1. The number of carbonyl (C=O) groups is 2. The van der Waals surface area contributed by atoms with Gasteiger partial charge in [0.15, 0.2) is 5.82 Å². The van der Waals surface area contributed by atoms with E-state index in [0.717, 1.165) is 0 Å². The molecule has 1 aromatic carbocycles. The molecule has 3 heterocycles. The Morgan fingerprint density at radius 3 is 2.61 bits per heavy atom. The summed E-state index contributed by atoms with van der Waals surface area (Å²) in [6.07, 6.45) is 1.66. The number of nitrogens with two attached hydrogens (primary N) is 1. The van der Waals surface area contributed by atoms with Gasteiger partial charge >= 0.3 is 0 Å². The Morgan fingerprint density at radius 2 is 1.89 bits per heavy atom. The molecule has 3 aromatic rings. The number of pyridine rings is 1. The van der Waals surface area contributed by atoms with Crippen molar-refractivity contribution in [2.45, 2.75) is 19.3 Å². The van der Waals surface area contributed by atoms with Crippen LogP contribution in [0.25, 0.3) is 5.82 Å². The number of imide groups is 1. The third kappa shape index (κ3) is 2.70. The van der Waals surface area contributed by atoms with Crippen LogP contribution in [0.5, 0.6) is 5.75 Å². The van der Waals surface area contributed by atoms with E-state index in [4.69, 9.17) is 10.5 Å². The molecular weight excluding hydrogens is 358 g/mol. The molecule has 142 valence electrons. The summed E-state index contributed by atoms with van der Waals surface area (Å²) in [5.74, 6) is -0.0284. The average Bonchev–Trinajstić information content (AvgIpc) is 3.16. The summed E-state index contributed by atoms with van der Waals surface area (Å²) < 4.78 is 6.80. The first kappa shape index (κ1) is 17.7. The van der Waals surface area contributed by atoms with Crippen molar-refractivity contribution in [2.75, 3.05) is 17.7 Å². The number of aryl methyl sites for hydroxylation is 1. The standard InChI is InChI=1S/C20H19N5O3/c1-12-18(19(21)25(23-12)16-9-5-6-10-22-16)13-11-17(26)24(20(13)27)14-7-3-4-8-15(14)28-2/h3-10,13H,11,21H2,1-2H3. The number of ether oxygens (including phenoxy) is 1. The quantitative estimate of drug-likeness (QED) is 0.699. The third-order valence-electron chi connectivity index (χ3n) is 4.83. The lowest BCUT2D eigenvalue weighted by atomic mass is 9.97. The Morgan fingerprint density at radius 1 is 1.14 bits per heavy atom. The van der Waals surface area contributed by atoms with Crippen LogP contribution < -0.4 is 15.4 Å². The van der Waals surface area contributed by atoms with E-state index in [-0.39, 0.29) is 18.2 Å². The number of amides is 2. The maximum atomic E-state index is 13.2. The lowest BCUT2D eigenvalue weighted by molar-refractivity contribution is -0.121. The van der Waals surface area contributed by atoms with Crippen molar-refractivity contribution in [3.8, 4) is 11.6 Å². The van der Waals surface area contributed by atoms with Crippen molar-refractivity contribution < 1.29 is 14.3 Å². The summed E-state index contributed by atoms with van der Waals surface area (Å²) in [7, 11) is 1.50. The Balaban J connectivity index is 1.75. The first-order valence-electron chi connectivity index (χ1n) is 8.79. The summed E-state index contributed by atoms with van der Waals surface area (Å²) in [5.41, 5.74) is 7.89. The summed E-state index contributed by atoms with van der Waals surface area (Å²) >= 11 is 0. The minimum atomic E-state index is -0.699. The predicted octanol–water partition coefficient (Wildman–Crippen LogP) is 2.21. The molecule has 1 saturated heterocycles. The average molecular weight is 377 g/mol. The largest absolute Gasteiger partial charge is 0.495 e. The van der Waals surface area contributed by atoms with Crippen LogP contribution in [0.3, 0.4) is 0 Å². The van der Waals surface area contributed by atoms with Gasteiger partial charge < -0.3 is 10.5 Å². The summed E-state index contributed by atoms with van der Waals surface area (Å²) in [6, 6.07) is 12.3. The van der Waals surface area contributed by atoms with E-state index in [0.29, 0.717) is 34.3 Å². The van der Waals surface area contributed by atoms with Crippen LogP contribution in [0.15, 0.2) is 48.7 Å². The Hall–Kier alpha value is -3.68. The number of carbonyl (C=O) groups excluding carboxylic acids is 2. The molecule has 1 atom stereocenters. The Labute approximate surface area is 161 Å². The Bertz CT molecular complexity index is 1060. The van der Waals surface area contributed by atoms with Gasteiger partial charge in [0.1, 0.15) is 11.6 Å². The van der Waals surface area contributed by atoms with Gasteiger partial charge in [0.25, 0.3) is 0 Å². The zero-order chi connectivity index (χ0) is 19.8. The fourth-order valence-electron chi connectivity index (χ4n) is 3.57. The van der Waals surface area contributed by atoms with Crippen LogP contribution in [-0.2, 0) is 9.59 Å². The second kappa shape index (κ2) is 6.80. The number of hydrogen-bond donors (Lipinski definition) is 1. The van der Waals surface area contributed by atoms with Crippen LogP contribution in [0.4, 0.5) is 11.5 Å². The van der Waals surface area contributed by atoms with Crippen LogP contribution in [0.1, 0.15) is 23.6 Å². The molecule has 4 rings (SSSR count). The van der Waals surface area contributed by atoms with Gasteiger partial charge in [0.2, 0.25) is 11.8 Å². The highest BCUT2D eigenvalue weighted by atomic mass is 16.5. The number of anilines is 2. The van der Waals surface area contributed by atoms with Gasteiger partial charge in [-0.05, 0) is 31.2 Å². The van der Waals surface area contributed by atoms with Gasteiger partial charge in [0, 0.05) is 18.2 Å². The first-order valence-corrected chi connectivity index (χ1v) is 8.79. The molecule has 1 unspecified atom stereocenters. The number of para-hydroxylation sites is 2. The topological polar surface area (TPSA) is 103 Å². The number of methoxy groups -OCH3 is 1. The molecule has 8 nitrogen and oxygen atoms in total. The number of hydrogen-bond acceptors (Lipinski definition) is 6. The fourth-order valence-corrected chi connectivity index (χ4v) is 3.57. The van der Waals surface area contributed by atoms with E-state index in [9.17, 15) is 9.59 Å². The molecule has 0 saturated carbocycles. The minimum Gasteiger partial charge on any atom is -0.495 e. The SMILES string of the molecule is COc1ccccc1N1C(=O)CC(c2c(C)nn(-c3ccccn3)c2N)C1=O. The molecule has 2 aromatic heterocycles. The normalized spacial score (nSPS) is 16.6. The molecule has 2 N–H and O–H groups in total. The van der Waals surface area contributed by atoms with Crippen LogP contribution in [0, 0.1) is 6.92 Å². The second-order valence-electron chi connectivity index (χ2n) is 6.48. The summed E-state index contributed by atoms with van der Waals surface area (Å²) in [4.78, 5) is 31.3. The van der Waals surface area contributed by atoms with E-state index in [1.54, 1.807) is 49.5 Å².